The largest absolute Gasteiger partial charge is 0.478 e. The Morgan fingerprint density at radius 1 is 1.00 bits per heavy atom. The zero-order valence-corrected chi connectivity index (χ0v) is 10.2. The maximum absolute atomic E-state index is 13.6. The number of carboxylic acids is 1. The van der Waals surface area contributed by atoms with Crippen molar-refractivity contribution >= 4 is 17.7 Å². The second-order valence-electron chi connectivity index (χ2n) is 3.63. The fourth-order valence-electron chi connectivity index (χ4n) is 1.40. The van der Waals surface area contributed by atoms with Crippen molar-refractivity contribution < 1.29 is 23.1 Å². The molecule has 2 aromatic rings. The highest BCUT2D eigenvalue weighted by Crippen LogP contribution is 2.32. The Morgan fingerprint density at radius 2 is 1.53 bits per heavy atom. The lowest BCUT2D eigenvalue weighted by molar-refractivity contribution is 0.0695. The first-order valence-corrected chi connectivity index (χ1v) is 5.95. The van der Waals surface area contributed by atoms with Crippen LogP contribution in [0.5, 0.6) is 0 Å². The number of rotatable bonds is 3. The normalized spacial score (nSPS) is 10.5. The van der Waals surface area contributed by atoms with E-state index in [4.69, 9.17) is 5.11 Å². The van der Waals surface area contributed by atoms with E-state index in [1.54, 1.807) is 0 Å². The average Bonchev–Trinajstić information content (AvgIpc) is 2.35. The summed E-state index contributed by atoms with van der Waals surface area (Å²) < 4.78 is 40.0. The summed E-state index contributed by atoms with van der Waals surface area (Å²) in [4.78, 5) is 10.8. The smallest absolute Gasteiger partial charge is 0.335 e. The topological polar surface area (TPSA) is 37.3 Å². The molecule has 0 heterocycles. The average molecular weight is 284 g/mol. The van der Waals surface area contributed by atoms with Gasteiger partial charge < -0.3 is 5.11 Å². The number of benzene rings is 2. The molecule has 2 rings (SSSR count). The molecule has 6 heteroatoms. The molecule has 1 N–H and O–H groups in total. The van der Waals surface area contributed by atoms with Crippen LogP contribution in [0.2, 0.25) is 0 Å². The summed E-state index contributed by atoms with van der Waals surface area (Å²) in [6.07, 6.45) is 0. The molecule has 0 saturated heterocycles. The summed E-state index contributed by atoms with van der Waals surface area (Å²) >= 11 is 0.760. The van der Waals surface area contributed by atoms with Gasteiger partial charge in [0.15, 0.2) is 0 Å². The Hall–Kier alpha value is -1.95. The third-order valence-electron chi connectivity index (χ3n) is 2.28. The van der Waals surface area contributed by atoms with Crippen LogP contribution in [0.15, 0.2) is 46.2 Å². The van der Waals surface area contributed by atoms with Gasteiger partial charge in [0.25, 0.3) is 0 Å². The van der Waals surface area contributed by atoms with Crippen molar-refractivity contribution in [2.75, 3.05) is 0 Å². The second-order valence-corrected chi connectivity index (χ2v) is 4.71. The summed E-state index contributed by atoms with van der Waals surface area (Å²) in [5.41, 5.74) is -0.460. The van der Waals surface area contributed by atoms with Gasteiger partial charge in [-0.25, -0.2) is 18.0 Å². The Bertz CT molecular complexity index is 603. The van der Waals surface area contributed by atoms with Crippen molar-refractivity contribution in [2.24, 2.45) is 0 Å². The molecule has 0 fully saturated rings. The highest BCUT2D eigenvalue weighted by atomic mass is 32.2. The molecule has 0 aliphatic heterocycles. The SMILES string of the molecule is O=C(O)c1cc(F)c(Sc2ccc(F)cc2)c(F)c1. The highest BCUT2D eigenvalue weighted by Gasteiger charge is 2.15. The standard InChI is InChI=1S/C13H7F3O2S/c14-8-1-3-9(4-2-8)19-12-10(15)5-7(13(17)18)6-11(12)16/h1-6H,(H,17,18). The maximum Gasteiger partial charge on any atom is 0.335 e. The summed E-state index contributed by atoms with van der Waals surface area (Å²) in [7, 11) is 0. The number of carbonyl (C=O) groups is 1. The van der Waals surface area contributed by atoms with E-state index < -0.39 is 29.0 Å². The molecule has 0 aromatic heterocycles. The first-order valence-electron chi connectivity index (χ1n) is 5.13. The van der Waals surface area contributed by atoms with Crippen LogP contribution in [0, 0.1) is 17.5 Å². The predicted molar refractivity (Wildman–Crippen MR) is 63.8 cm³/mol. The number of aromatic carboxylic acids is 1. The Labute approximate surface area is 110 Å². The quantitative estimate of drug-likeness (QED) is 0.927. The van der Waals surface area contributed by atoms with Gasteiger partial charge in [-0.15, -0.1) is 0 Å². The Kier molecular flexibility index (Phi) is 3.80. The number of halogens is 3. The van der Waals surface area contributed by atoms with Gasteiger partial charge in [-0.2, -0.15) is 0 Å². The highest BCUT2D eigenvalue weighted by molar-refractivity contribution is 7.99. The number of hydrogen-bond donors (Lipinski definition) is 1. The molecule has 98 valence electrons. The minimum Gasteiger partial charge on any atom is -0.478 e. The summed E-state index contributed by atoms with van der Waals surface area (Å²) in [6.45, 7) is 0. The molecule has 0 amide bonds. The second kappa shape index (κ2) is 5.36. The lowest BCUT2D eigenvalue weighted by Gasteiger charge is -2.06. The van der Waals surface area contributed by atoms with Gasteiger partial charge in [-0.05, 0) is 36.4 Å². The molecule has 0 atom stereocenters. The van der Waals surface area contributed by atoms with Crippen LogP contribution < -0.4 is 0 Å². The van der Waals surface area contributed by atoms with E-state index in [0.717, 1.165) is 23.9 Å². The van der Waals surface area contributed by atoms with Crippen LogP contribution in [0.4, 0.5) is 13.2 Å². The van der Waals surface area contributed by atoms with Crippen LogP contribution in [-0.4, -0.2) is 11.1 Å². The molecular formula is C13H7F3O2S. The lowest BCUT2D eigenvalue weighted by atomic mass is 10.2. The fourth-order valence-corrected chi connectivity index (χ4v) is 2.22. The zero-order valence-electron chi connectivity index (χ0n) is 9.36. The Morgan fingerprint density at radius 3 is 2.00 bits per heavy atom. The molecule has 19 heavy (non-hydrogen) atoms. The lowest BCUT2D eigenvalue weighted by Crippen LogP contribution is -2.00. The molecule has 2 nitrogen and oxygen atoms in total. The summed E-state index contributed by atoms with van der Waals surface area (Å²) in [5, 5.41) is 8.66. The minimum atomic E-state index is -1.41. The Balaban J connectivity index is 2.35. The first kappa shape index (κ1) is 13.5. The summed E-state index contributed by atoms with van der Waals surface area (Å²) in [5.74, 6) is -3.79. The molecular weight excluding hydrogens is 277 g/mol. The van der Waals surface area contributed by atoms with Crippen molar-refractivity contribution in [3.05, 3.63) is 59.4 Å². The van der Waals surface area contributed by atoms with E-state index in [-0.39, 0.29) is 4.90 Å². The van der Waals surface area contributed by atoms with Gasteiger partial charge in [0.2, 0.25) is 0 Å². The molecule has 0 aliphatic rings. The molecule has 2 aromatic carbocycles. The van der Waals surface area contributed by atoms with E-state index in [1.165, 1.54) is 24.3 Å². The van der Waals surface area contributed by atoms with Crippen LogP contribution in [-0.2, 0) is 0 Å². The van der Waals surface area contributed by atoms with E-state index >= 15 is 0 Å². The predicted octanol–water partition coefficient (Wildman–Crippen LogP) is 3.95. The van der Waals surface area contributed by atoms with Gasteiger partial charge in [0.1, 0.15) is 17.5 Å². The molecule has 0 unspecified atom stereocenters. The van der Waals surface area contributed by atoms with Crippen LogP contribution in [0.3, 0.4) is 0 Å². The van der Waals surface area contributed by atoms with E-state index in [2.05, 4.69) is 0 Å². The molecule has 0 radical (unpaired) electrons. The van der Waals surface area contributed by atoms with Crippen LogP contribution in [0.1, 0.15) is 10.4 Å². The van der Waals surface area contributed by atoms with Crippen molar-refractivity contribution in [1.29, 1.82) is 0 Å². The van der Waals surface area contributed by atoms with Crippen molar-refractivity contribution in [1.82, 2.24) is 0 Å². The zero-order chi connectivity index (χ0) is 14.0. The van der Waals surface area contributed by atoms with Crippen molar-refractivity contribution in [3.63, 3.8) is 0 Å². The summed E-state index contributed by atoms with van der Waals surface area (Å²) in [6, 6.07) is 6.59. The van der Waals surface area contributed by atoms with Gasteiger partial charge in [0, 0.05) is 4.90 Å². The van der Waals surface area contributed by atoms with E-state index in [0.29, 0.717) is 4.90 Å². The van der Waals surface area contributed by atoms with E-state index in [9.17, 15) is 18.0 Å². The van der Waals surface area contributed by atoms with Crippen molar-refractivity contribution in [2.45, 2.75) is 9.79 Å². The third kappa shape index (κ3) is 3.08. The van der Waals surface area contributed by atoms with Crippen LogP contribution >= 0.6 is 11.8 Å². The van der Waals surface area contributed by atoms with Gasteiger partial charge in [0.05, 0.1) is 10.5 Å². The minimum absolute atomic E-state index is 0.323. The van der Waals surface area contributed by atoms with Crippen molar-refractivity contribution in [3.8, 4) is 0 Å². The number of carboxylic acid groups (broad SMARTS) is 1. The fraction of sp³-hybridized carbons (Fsp3) is 0. The van der Waals surface area contributed by atoms with Gasteiger partial charge in [-0.1, -0.05) is 11.8 Å². The monoisotopic (exact) mass is 284 g/mol. The molecule has 0 bridgehead atoms. The van der Waals surface area contributed by atoms with E-state index in [1.807, 2.05) is 0 Å². The van der Waals surface area contributed by atoms with Gasteiger partial charge >= 0.3 is 5.97 Å². The van der Waals surface area contributed by atoms with Gasteiger partial charge in [-0.3, -0.25) is 0 Å². The van der Waals surface area contributed by atoms with Crippen LogP contribution in [0.25, 0.3) is 0 Å². The number of hydrogen-bond acceptors (Lipinski definition) is 2. The molecule has 0 aliphatic carbocycles. The molecule has 0 spiro atoms. The third-order valence-corrected chi connectivity index (χ3v) is 3.38. The first-order chi connectivity index (χ1) is 8.97. The molecule has 0 saturated carbocycles. The maximum atomic E-state index is 13.6.